The highest BCUT2D eigenvalue weighted by Gasteiger charge is 2.27. The van der Waals surface area contributed by atoms with Gasteiger partial charge in [-0.25, -0.2) is 39.9 Å². The van der Waals surface area contributed by atoms with E-state index in [-0.39, 0.29) is 0 Å². The number of nitrogens with zero attached hydrogens (tertiary/aromatic N) is 8. The Bertz CT molecular complexity index is 4860. The van der Waals surface area contributed by atoms with E-state index in [1.165, 1.54) is 44.5 Å². The van der Waals surface area contributed by atoms with Crippen molar-refractivity contribution in [3.63, 3.8) is 0 Å². The van der Waals surface area contributed by atoms with Gasteiger partial charge in [0.05, 0.1) is 78.4 Å². The van der Waals surface area contributed by atoms with Crippen LogP contribution in [0.1, 0.15) is 189 Å². The van der Waals surface area contributed by atoms with Gasteiger partial charge in [0.15, 0.2) is 22.6 Å². The van der Waals surface area contributed by atoms with Crippen molar-refractivity contribution >= 4 is 81.6 Å². The second-order valence-electron chi connectivity index (χ2n) is 26.4. The molecule has 0 aliphatic carbocycles. The zero-order valence-electron chi connectivity index (χ0n) is 58.4. The molecule has 4 aromatic carbocycles. The van der Waals surface area contributed by atoms with Gasteiger partial charge >= 0.3 is 0 Å². The predicted octanol–water partition coefficient (Wildman–Crippen LogP) is 13.1. The number of imidazole rings is 2. The summed E-state index contributed by atoms with van der Waals surface area (Å²) in [5.41, 5.74) is 28.1. The zero-order chi connectivity index (χ0) is 66.7. The van der Waals surface area contributed by atoms with Gasteiger partial charge in [0.1, 0.15) is 0 Å². The third kappa shape index (κ3) is 12.7. The lowest BCUT2D eigenvalue weighted by Gasteiger charge is -2.04. The van der Waals surface area contributed by atoms with Gasteiger partial charge in [0.2, 0.25) is 0 Å². The van der Waals surface area contributed by atoms with Crippen molar-refractivity contribution in [1.82, 2.24) is 29.9 Å². The average Bonchev–Trinajstić information content (AvgIpc) is 1.62. The van der Waals surface area contributed by atoms with Crippen LogP contribution in [0.2, 0.25) is 0 Å². The second-order valence-corrected chi connectivity index (χ2v) is 26.4. The summed E-state index contributed by atoms with van der Waals surface area (Å²) in [6.45, 7) is 26.8. The van der Waals surface area contributed by atoms with Gasteiger partial charge in [0, 0.05) is 33.0 Å². The Morgan fingerprint density at radius 3 is 0.958 bits per heavy atom. The average molecular weight is 1270 g/mol. The number of aromatic amines is 4. The number of aryl methyl sites for hydroxylation is 4. The largest absolute Gasteiger partial charge is 0.353 e. The first-order chi connectivity index (χ1) is 46.8. The third-order valence-electron chi connectivity index (χ3n) is 20.0. The molecule has 0 saturated carbocycles. The highest BCUT2D eigenvalue weighted by atomic mass is 15.1. The van der Waals surface area contributed by atoms with Crippen LogP contribution in [0.3, 0.4) is 0 Å². The summed E-state index contributed by atoms with van der Waals surface area (Å²) in [7, 11) is 0. The highest BCUT2D eigenvalue weighted by molar-refractivity contribution is 6.60. The van der Waals surface area contributed by atoms with E-state index in [0.717, 1.165) is 236 Å². The van der Waals surface area contributed by atoms with Crippen molar-refractivity contribution in [1.29, 1.82) is 0 Å². The number of rotatable bonds is 20. The number of benzene rings is 4. The molecule has 12 nitrogen and oxygen atoms in total. The molecular weight excluding hydrogens is 1180 g/mol. The molecule has 96 heavy (non-hydrogen) atoms. The van der Waals surface area contributed by atoms with E-state index in [4.69, 9.17) is 39.9 Å². The number of hydrogen-bond donors (Lipinski definition) is 4. The van der Waals surface area contributed by atoms with Gasteiger partial charge in [-0.2, -0.15) is 0 Å². The Hall–Kier alpha value is -9.68. The molecule has 12 heteroatoms. The number of H-pyrrole nitrogens is 4. The highest BCUT2D eigenvalue weighted by Crippen LogP contribution is 2.31. The number of hydrogen-bond acceptors (Lipinski definition) is 8. The minimum absolute atomic E-state index is 0.520. The molecule has 9 heterocycles. The molecule has 4 N–H and O–H groups in total. The summed E-state index contributed by atoms with van der Waals surface area (Å²) in [4.78, 5) is 59.7. The molecule has 0 unspecified atom stereocenters. The SMILES string of the molecule is CCCCc1ccc(C2=NC3=c4nc(-c5ccc(CCCC)cc5)c([nH]4)=CC4=NC(=c5[nH]c(c(CC)c5C)=CC5=NC(=c6nc(-c7ccc(CCCC)cc7)c([nH]6)=CC6=NC(=c7[nH]c(c(CC)c7C)=CC2=N3)C(C)=C6CC)N=C5c2ccc(CCCC)cc2)C(C)=C4CC)cc1. The lowest BCUT2D eigenvalue weighted by Crippen LogP contribution is -2.19. The molecule has 16 bridgehead atoms. The summed E-state index contributed by atoms with van der Waals surface area (Å²) in [5, 5.41) is 5.62. The Morgan fingerprint density at radius 2 is 0.646 bits per heavy atom. The van der Waals surface area contributed by atoms with Crippen LogP contribution >= 0.6 is 0 Å². The lowest BCUT2D eigenvalue weighted by molar-refractivity contribution is 0.795. The fraction of sp³-hybridized carbons (Fsp3) is 0.333. The molecule has 488 valence electrons. The van der Waals surface area contributed by atoms with E-state index in [2.05, 4.69) is 224 Å². The molecule has 0 spiro atoms. The van der Waals surface area contributed by atoms with E-state index in [0.29, 0.717) is 22.6 Å². The number of aliphatic imine (C=N–C) groups is 6. The Kier molecular flexibility index (Phi) is 19.2. The van der Waals surface area contributed by atoms with Crippen LogP contribution in [0.5, 0.6) is 0 Å². The first-order valence-corrected chi connectivity index (χ1v) is 35.7. The summed E-state index contributed by atoms with van der Waals surface area (Å²) in [5.74, 6) is 1.04. The maximum absolute atomic E-state index is 5.62. The first-order valence-electron chi connectivity index (χ1n) is 35.7. The number of aromatic nitrogens is 6. The number of unbranched alkanes of at least 4 members (excludes halogenated alkanes) is 4. The molecule has 0 amide bonds. The van der Waals surface area contributed by atoms with Crippen molar-refractivity contribution in [2.45, 2.75) is 186 Å². The molecule has 0 saturated heterocycles. The van der Waals surface area contributed by atoms with Crippen LogP contribution in [0.25, 0.3) is 69.9 Å². The fourth-order valence-corrected chi connectivity index (χ4v) is 14.3. The van der Waals surface area contributed by atoms with Crippen LogP contribution in [-0.4, -0.2) is 64.2 Å². The van der Waals surface area contributed by atoms with E-state index < -0.39 is 0 Å². The minimum Gasteiger partial charge on any atom is -0.353 e. The van der Waals surface area contributed by atoms with Crippen LogP contribution in [-0.2, 0) is 38.5 Å². The zero-order valence-corrected chi connectivity index (χ0v) is 58.4. The Balaban J connectivity index is 1.11. The van der Waals surface area contributed by atoms with E-state index >= 15 is 0 Å². The molecule has 5 aliphatic heterocycles. The predicted molar refractivity (Wildman–Crippen MR) is 402 cm³/mol. The maximum Gasteiger partial charge on any atom is 0.197 e. The van der Waals surface area contributed by atoms with Crippen molar-refractivity contribution in [2.75, 3.05) is 0 Å². The van der Waals surface area contributed by atoms with E-state index in [9.17, 15) is 0 Å². The monoisotopic (exact) mass is 1270 g/mol. The van der Waals surface area contributed by atoms with Gasteiger partial charge in [-0.3, -0.25) is 0 Å². The van der Waals surface area contributed by atoms with Gasteiger partial charge in [-0.15, -0.1) is 0 Å². The number of allylic oxidation sites excluding steroid dienone is 2. The smallest absolute Gasteiger partial charge is 0.197 e. The van der Waals surface area contributed by atoms with E-state index in [1.807, 2.05) is 0 Å². The van der Waals surface area contributed by atoms with Crippen molar-refractivity contribution < 1.29 is 0 Å². The van der Waals surface area contributed by atoms with Crippen molar-refractivity contribution in [3.05, 3.63) is 218 Å². The Labute approximate surface area is 564 Å². The third-order valence-corrected chi connectivity index (χ3v) is 20.0. The first kappa shape index (κ1) is 65.0. The molecule has 0 atom stereocenters. The lowest BCUT2D eigenvalue weighted by atomic mass is 10.0. The molecule has 0 radical (unpaired) electrons. The van der Waals surface area contributed by atoms with Gasteiger partial charge < -0.3 is 19.9 Å². The normalized spacial score (nSPS) is 15.2. The number of nitrogens with one attached hydrogen (secondary N) is 4. The van der Waals surface area contributed by atoms with Gasteiger partial charge in [0.25, 0.3) is 0 Å². The standard InChI is InChI=1S/C84H92N12/c1-13-21-25-53-29-37-57(38-30-53)77-69-45-65-61(17-5)49(9)73(85-65)74-50(10)62(18-6)67(86-74)47-71-79(59-41-33-55(34-42-59)27-23-15-3)95-83(91-71)84-92-72(80(96-84)60-43-35-56(36-44-60)28-24-16-4)48-68-64(20-8)52(12)76(88-68)75-51(11)63(19-7)66(87-75)46-70-78(94-82(90-70)81(89-69)93-77)58-39-31-54(32-40-58)26-22-14-2/h29-48,85,88H,13-28H2,1-12H3,(H,90,94)(H,91,95). The molecule has 5 aliphatic rings. The molecular formula is C84H92N12. The van der Waals surface area contributed by atoms with Gasteiger partial charge in [-0.1, -0.05) is 178 Å². The summed E-state index contributed by atoms with van der Waals surface area (Å²) >= 11 is 0. The van der Waals surface area contributed by atoms with Crippen LogP contribution < -0.4 is 43.1 Å². The quantitative estimate of drug-likeness (QED) is 0.0598. The van der Waals surface area contributed by atoms with E-state index in [1.54, 1.807) is 0 Å². The van der Waals surface area contributed by atoms with Crippen LogP contribution in [0, 0.1) is 13.8 Å². The van der Waals surface area contributed by atoms with Gasteiger partial charge in [-0.05, 0) is 196 Å². The number of fused-ring (bicyclic) bond motifs is 12. The Morgan fingerprint density at radius 1 is 0.323 bits per heavy atom. The molecule has 4 aromatic heterocycles. The summed E-state index contributed by atoms with van der Waals surface area (Å²) in [6.07, 6.45) is 25.1. The molecule has 8 aromatic rings. The molecule has 0 fully saturated rings. The van der Waals surface area contributed by atoms with Crippen molar-refractivity contribution in [3.8, 4) is 22.5 Å². The topological polar surface area (TPSA) is 163 Å². The van der Waals surface area contributed by atoms with Crippen LogP contribution in [0.4, 0.5) is 0 Å². The summed E-state index contributed by atoms with van der Waals surface area (Å²) in [6, 6.07) is 35.6. The summed E-state index contributed by atoms with van der Waals surface area (Å²) < 4.78 is 0. The molecule has 13 rings (SSSR count). The van der Waals surface area contributed by atoms with Crippen molar-refractivity contribution in [2.24, 2.45) is 30.0 Å². The second kappa shape index (κ2) is 28.3. The maximum atomic E-state index is 5.62. The minimum atomic E-state index is 0.520. The van der Waals surface area contributed by atoms with Crippen LogP contribution in [0.15, 0.2) is 149 Å². The fourth-order valence-electron chi connectivity index (χ4n) is 14.3.